The largest absolute Gasteiger partial charge is 0.366 e. The highest BCUT2D eigenvalue weighted by molar-refractivity contribution is 7.16. The molecule has 19 heavy (non-hydrogen) atoms. The number of hydrogen-bond donors (Lipinski definition) is 2. The number of benzene rings is 1. The Labute approximate surface area is 115 Å². The van der Waals surface area contributed by atoms with Gasteiger partial charge in [-0.3, -0.25) is 9.59 Å². The van der Waals surface area contributed by atoms with Crippen molar-refractivity contribution in [3.05, 3.63) is 51.9 Å². The van der Waals surface area contributed by atoms with Gasteiger partial charge in [0, 0.05) is 10.4 Å². The minimum Gasteiger partial charge on any atom is -0.366 e. The van der Waals surface area contributed by atoms with Crippen molar-refractivity contribution in [2.45, 2.75) is 13.8 Å². The summed E-state index contributed by atoms with van der Waals surface area (Å²) >= 11 is 1.34. The Balaban J connectivity index is 2.26. The van der Waals surface area contributed by atoms with E-state index in [-0.39, 0.29) is 5.91 Å². The summed E-state index contributed by atoms with van der Waals surface area (Å²) in [5.41, 5.74) is 7.19. The molecule has 0 atom stereocenters. The molecule has 0 aliphatic heterocycles. The maximum atomic E-state index is 12.1. The van der Waals surface area contributed by atoms with Gasteiger partial charge in [-0.1, -0.05) is 17.7 Å². The predicted molar refractivity (Wildman–Crippen MR) is 76.7 cm³/mol. The molecule has 0 aliphatic carbocycles. The van der Waals surface area contributed by atoms with Crippen molar-refractivity contribution in [1.29, 1.82) is 0 Å². The van der Waals surface area contributed by atoms with Gasteiger partial charge < -0.3 is 11.1 Å². The standard InChI is InChI=1S/C14H14N2O2S/c1-8-4-3-5-10(6-8)13(18)16-14-11(12(15)17)7-9(2)19-14/h3-7H,1-2H3,(H2,15,17)(H,16,18). The number of nitrogens with one attached hydrogen (secondary N) is 1. The van der Waals surface area contributed by atoms with Gasteiger partial charge in [-0.05, 0) is 32.0 Å². The van der Waals surface area contributed by atoms with Crippen LogP contribution in [-0.2, 0) is 0 Å². The number of rotatable bonds is 3. The maximum Gasteiger partial charge on any atom is 0.256 e. The molecular weight excluding hydrogens is 260 g/mol. The molecule has 0 saturated heterocycles. The van der Waals surface area contributed by atoms with Crippen molar-refractivity contribution in [2.75, 3.05) is 5.32 Å². The summed E-state index contributed by atoms with van der Waals surface area (Å²) in [5, 5.41) is 3.23. The topological polar surface area (TPSA) is 72.2 Å². The summed E-state index contributed by atoms with van der Waals surface area (Å²) in [6, 6.07) is 8.94. The molecule has 0 unspecified atom stereocenters. The van der Waals surface area contributed by atoms with Gasteiger partial charge in [0.15, 0.2) is 0 Å². The van der Waals surface area contributed by atoms with Gasteiger partial charge in [0.2, 0.25) is 0 Å². The molecule has 3 N–H and O–H groups in total. The molecule has 98 valence electrons. The highest BCUT2D eigenvalue weighted by Crippen LogP contribution is 2.27. The number of aryl methyl sites for hydroxylation is 2. The Hall–Kier alpha value is -2.14. The third-order valence-corrected chi connectivity index (χ3v) is 3.59. The minimum absolute atomic E-state index is 0.243. The van der Waals surface area contributed by atoms with Crippen LogP contribution in [0.15, 0.2) is 30.3 Å². The molecule has 2 rings (SSSR count). The van der Waals surface area contributed by atoms with Crippen LogP contribution in [0, 0.1) is 13.8 Å². The molecule has 0 bridgehead atoms. The molecule has 2 amide bonds. The van der Waals surface area contributed by atoms with Gasteiger partial charge in [-0.15, -0.1) is 11.3 Å². The van der Waals surface area contributed by atoms with E-state index in [1.54, 1.807) is 18.2 Å². The number of thiophene rings is 1. The van der Waals surface area contributed by atoms with Gasteiger partial charge in [0.1, 0.15) is 5.00 Å². The Morgan fingerprint density at radius 3 is 2.58 bits per heavy atom. The van der Waals surface area contributed by atoms with Crippen molar-refractivity contribution >= 4 is 28.2 Å². The fourth-order valence-corrected chi connectivity index (χ4v) is 2.66. The molecule has 0 saturated carbocycles. The zero-order valence-corrected chi connectivity index (χ0v) is 11.5. The monoisotopic (exact) mass is 274 g/mol. The van der Waals surface area contributed by atoms with Crippen LogP contribution < -0.4 is 11.1 Å². The average Bonchev–Trinajstić information content (AvgIpc) is 2.70. The zero-order valence-electron chi connectivity index (χ0n) is 10.7. The van der Waals surface area contributed by atoms with Crippen molar-refractivity contribution in [3.8, 4) is 0 Å². The van der Waals surface area contributed by atoms with E-state index >= 15 is 0 Å². The van der Waals surface area contributed by atoms with Crippen molar-refractivity contribution in [3.63, 3.8) is 0 Å². The van der Waals surface area contributed by atoms with E-state index in [0.29, 0.717) is 16.1 Å². The van der Waals surface area contributed by atoms with Crippen LogP contribution in [0.2, 0.25) is 0 Å². The van der Waals surface area contributed by atoms with Crippen LogP contribution in [0.3, 0.4) is 0 Å². The Morgan fingerprint density at radius 1 is 1.21 bits per heavy atom. The molecule has 1 aromatic heterocycles. The van der Waals surface area contributed by atoms with Crippen LogP contribution >= 0.6 is 11.3 Å². The van der Waals surface area contributed by atoms with Crippen molar-refractivity contribution in [1.82, 2.24) is 0 Å². The maximum absolute atomic E-state index is 12.1. The third-order valence-electron chi connectivity index (χ3n) is 2.63. The SMILES string of the molecule is Cc1cccc(C(=O)Nc2sc(C)cc2C(N)=O)c1. The average molecular weight is 274 g/mol. The number of nitrogens with two attached hydrogens (primary N) is 1. The highest BCUT2D eigenvalue weighted by Gasteiger charge is 2.15. The number of carbonyl (C=O) groups is 2. The zero-order chi connectivity index (χ0) is 14.0. The molecule has 0 fully saturated rings. The lowest BCUT2D eigenvalue weighted by atomic mass is 10.1. The fourth-order valence-electron chi connectivity index (χ4n) is 1.75. The molecular formula is C14H14N2O2S. The summed E-state index contributed by atoms with van der Waals surface area (Å²) in [6.45, 7) is 3.78. The highest BCUT2D eigenvalue weighted by atomic mass is 32.1. The van der Waals surface area contributed by atoms with Crippen LogP contribution in [0.4, 0.5) is 5.00 Å². The Bertz CT molecular complexity index is 647. The summed E-state index contributed by atoms with van der Waals surface area (Å²) in [7, 11) is 0. The number of amides is 2. The first-order valence-electron chi connectivity index (χ1n) is 5.75. The third kappa shape index (κ3) is 3.00. The van der Waals surface area contributed by atoms with Crippen molar-refractivity contribution < 1.29 is 9.59 Å². The minimum atomic E-state index is -0.538. The van der Waals surface area contributed by atoms with Gasteiger partial charge >= 0.3 is 0 Å². The molecule has 0 aliphatic rings. The van der Waals surface area contributed by atoms with E-state index in [1.165, 1.54) is 11.3 Å². The summed E-state index contributed by atoms with van der Waals surface area (Å²) < 4.78 is 0. The van der Waals surface area contributed by atoms with Crippen LogP contribution in [0.5, 0.6) is 0 Å². The lowest BCUT2D eigenvalue weighted by molar-refractivity contribution is 0.100. The molecule has 0 radical (unpaired) electrons. The fraction of sp³-hybridized carbons (Fsp3) is 0.143. The van der Waals surface area contributed by atoms with Crippen LogP contribution in [-0.4, -0.2) is 11.8 Å². The van der Waals surface area contributed by atoms with E-state index < -0.39 is 5.91 Å². The summed E-state index contributed by atoms with van der Waals surface area (Å²) in [5.74, 6) is -0.781. The van der Waals surface area contributed by atoms with Gasteiger partial charge in [0.25, 0.3) is 11.8 Å². The van der Waals surface area contributed by atoms with Crippen molar-refractivity contribution in [2.24, 2.45) is 5.73 Å². The number of hydrogen-bond acceptors (Lipinski definition) is 3. The van der Waals surface area contributed by atoms with Crippen LogP contribution in [0.1, 0.15) is 31.2 Å². The number of anilines is 1. The predicted octanol–water partition coefficient (Wildman–Crippen LogP) is 2.72. The smallest absolute Gasteiger partial charge is 0.256 e. The van der Waals surface area contributed by atoms with Gasteiger partial charge in [0.05, 0.1) is 5.56 Å². The molecule has 4 nitrogen and oxygen atoms in total. The second-order valence-corrected chi connectivity index (χ2v) is 5.54. The molecule has 2 aromatic rings. The quantitative estimate of drug-likeness (QED) is 0.903. The first-order chi connectivity index (χ1) is 8.97. The Morgan fingerprint density at radius 2 is 1.95 bits per heavy atom. The lowest BCUT2D eigenvalue weighted by Gasteiger charge is -2.05. The van der Waals surface area contributed by atoms with E-state index in [1.807, 2.05) is 26.0 Å². The molecule has 1 heterocycles. The number of primary amides is 1. The lowest BCUT2D eigenvalue weighted by Crippen LogP contribution is -2.16. The van der Waals surface area contributed by atoms with Crippen LogP contribution in [0.25, 0.3) is 0 Å². The summed E-state index contributed by atoms with van der Waals surface area (Å²) in [4.78, 5) is 24.3. The first kappa shape index (κ1) is 13.3. The molecule has 5 heteroatoms. The van der Waals surface area contributed by atoms with Gasteiger partial charge in [-0.25, -0.2) is 0 Å². The first-order valence-corrected chi connectivity index (χ1v) is 6.57. The number of carbonyl (C=O) groups excluding carboxylic acids is 2. The van der Waals surface area contributed by atoms with E-state index in [2.05, 4.69) is 5.32 Å². The molecule has 1 aromatic carbocycles. The van der Waals surface area contributed by atoms with E-state index in [4.69, 9.17) is 5.73 Å². The second-order valence-electron chi connectivity index (χ2n) is 4.29. The second kappa shape index (κ2) is 5.24. The van der Waals surface area contributed by atoms with E-state index in [9.17, 15) is 9.59 Å². The van der Waals surface area contributed by atoms with E-state index in [0.717, 1.165) is 10.4 Å². The normalized spacial score (nSPS) is 10.2. The van der Waals surface area contributed by atoms with Gasteiger partial charge in [-0.2, -0.15) is 0 Å². The Kier molecular flexibility index (Phi) is 3.66. The summed E-state index contributed by atoms with van der Waals surface area (Å²) in [6.07, 6.45) is 0. The molecule has 0 spiro atoms.